The summed E-state index contributed by atoms with van der Waals surface area (Å²) in [5.74, 6) is 1.28. The summed E-state index contributed by atoms with van der Waals surface area (Å²) in [6.45, 7) is 9.42. The van der Waals surface area contributed by atoms with E-state index in [2.05, 4.69) is 20.8 Å². The van der Waals surface area contributed by atoms with Crippen molar-refractivity contribution in [3.8, 4) is 0 Å². The van der Waals surface area contributed by atoms with Crippen molar-refractivity contribution in [1.82, 2.24) is 29.0 Å². The van der Waals surface area contributed by atoms with Crippen LogP contribution in [-0.2, 0) is 14.8 Å². The number of nitrogens with zero attached hydrogens (tertiary/aromatic N) is 5. The number of carbonyl (C=O) groups is 1. The van der Waals surface area contributed by atoms with Crippen LogP contribution in [0.5, 0.6) is 0 Å². The number of amides is 1. The van der Waals surface area contributed by atoms with Gasteiger partial charge in [-0.1, -0.05) is 17.7 Å². The molecule has 13 heteroatoms. The number of hydrogen-bond donors (Lipinski definition) is 3. The number of piperidine rings is 1. The van der Waals surface area contributed by atoms with Gasteiger partial charge in [0.1, 0.15) is 11.4 Å². The van der Waals surface area contributed by atoms with Gasteiger partial charge in [0.2, 0.25) is 5.95 Å². The van der Waals surface area contributed by atoms with Gasteiger partial charge in [-0.3, -0.25) is 5.10 Å². The zero-order chi connectivity index (χ0) is 29.8. The minimum Gasteiger partial charge on any atom is -0.444 e. The van der Waals surface area contributed by atoms with Crippen LogP contribution in [0.25, 0.3) is 11.0 Å². The number of aromatic nitrogens is 5. The van der Waals surface area contributed by atoms with Crippen LogP contribution in [0.15, 0.2) is 47.5 Å². The Kier molecular flexibility index (Phi) is 6.87. The minimum absolute atomic E-state index is 0.00349. The van der Waals surface area contributed by atoms with E-state index >= 15 is 0 Å². The Morgan fingerprint density at radius 3 is 2.36 bits per heavy atom. The van der Waals surface area contributed by atoms with Gasteiger partial charge in [0, 0.05) is 36.1 Å². The fourth-order valence-electron chi connectivity index (χ4n) is 5.86. The van der Waals surface area contributed by atoms with E-state index in [1.807, 2.05) is 45.6 Å². The third-order valence-electron chi connectivity index (χ3n) is 7.71. The maximum absolute atomic E-state index is 13.7. The van der Waals surface area contributed by atoms with Gasteiger partial charge in [-0.2, -0.15) is 15.1 Å². The van der Waals surface area contributed by atoms with E-state index in [-0.39, 0.29) is 34.8 Å². The number of nitrogens with one attached hydrogen (secondary N) is 3. The first-order chi connectivity index (χ1) is 19.9. The zero-order valence-electron chi connectivity index (χ0n) is 24.4. The number of aryl methyl sites for hydroxylation is 2. The van der Waals surface area contributed by atoms with E-state index in [0.29, 0.717) is 35.8 Å². The Labute approximate surface area is 244 Å². The second-order valence-corrected chi connectivity index (χ2v) is 14.0. The third-order valence-corrected chi connectivity index (χ3v) is 9.39. The smallest absolute Gasteiger partial charge is 0.410 e. The number of hydrogen-bond acceptors (Lipinski definition) is 9. The Morgan fingerprint density at radius 2 is 1.74 bits per heavy atom. The molecule has 3 N–H and O–H groups in total. The fourth-order valence-corrected chi connectivity index (χ4v) is 7.16. The summed E-state index contributed by atoms with van der Waals surface area (Å²) < 4.78 is 34.2. The van der Waals surface area contributed by atoms with E-state index in [1.165, 1.54) is 10.2 Å². The predicted molar refractivity (Wildman–Crippen MR) is 159 cm³/mol. The summed E-state index contributed by atoms with van der Waals surface area (Å²) in [7, 11) is -3.92. The van der Waals surface area contributed by atoms with Crippen molar-refractivity contribution in [1.29, 1.82) is 0 Å². The molecule has 1 aromatic carbocycles. The van der Waals surface area contributed by atoms with Crippen molar-refractivity contribution in [2.75, 3.05) is 10.6 Å². The summed E-state index contributed by atoms with van der Waals surface area (Å²) >= 11 is 0. The lowest BCUT2D eigenvalue weighted by atomic mass is 9.98. The second-order valence-electron chi connectivity index (χ2n) is 12.2. The molecule has 2 saturated heterocycles. The monoisotopic (exact) mass is 592 g/mol. The molecule has 6 rings (SSSR count). The molecule has 222 valence electrons. The number of ether oxygens (including phenoxy) is 1. The molecule has 2 unspecified atom stereocenters. The van der Waals surface area contributed by atoms with Crippen LogP contribution in [0.1, 0.15) is 57.7 Å². The summed E-state index contributed by atoms with van der Waals surface area (Å²) in [5.41, 5.74) is 1.52. The van der Waals surface area contributed by atoms with E-state index < -0.39 is 15.6 Å². The zero-order valence-corrected chi connectivity index (χ0v) is 25.2. The van der Waals surface area contributed by atoms with Gasteiger partial charge in [0.05, 0.1) is 10.3 Å². The van der Waals surface area contributed by atoms with Crippen LogP contribution in [0.2, 0.25) is 0 Å². The number of carbonyl (C=O) groups excluding carboxylic acids is 1. The molecule has 0 saturated carbocycles. The highest BCUT2D eigenvalue weighted by molar-refractivity contribution is 7.90. The van der Waals surface area contributed by atoms with E-state index in [4.69, 9.17) is 14.7 Å². The molecule has 2 bridgehead atoms. The number of anilines is 3. The Morgan fingerprint density at radius 1 is 1.05 bits per heavy atom. The number of H-pyrrole nitrogens is 1. The standard InChI is InChI=1S/C29H36N8O4S/c1-17-6-10-22(11-7-17)42(39,40)36-13-12-23-25(31-24-14-18(2)34-35-24)32-27(33-26(23)36)30-19-15-20-8-9-21(16-19)37(20)28(38)41-29(3,4)5/h6-7,10-14,19-21H,8-9,15-16H2,1-5H3,(H3,30,31,32,33,34,35). The van der Waals surface area contributed by atoms with Crippen molar-refractivity contribution in [3.63, 3.8) is 0 Å². The third kappa shape index (κ3) is 5.40. The Bertz CT molecular complexity index is 1730. The number of fused-ring (bicyclic) bond motifs is 3. The fraction of sp³-hybridized carbons (Fsp3) is 0.448. The first kappa shape index (κ1) is 28.0. The van der Waals surface area contributed by atoms with Gasteiger partial charge >= 0.3 is 6.09 Å². The maximum Gasteiger partial charge on any atom is 0.410 e. The molecule has 2 aliphatic rings. The van der Waals surface area contributed by atoms with E-state index in [9.17, 15) is 13.2 Å². The van der Waals surface area contributed by atoms with Crippen molar-refractivity contribution >= 4 is 44.7 Å². The second kappa shape index (κ2) is 10.3. The normalized spacial score (nSPS) is 20.6. The number of aromatic amines is 1. The van der Waals surface area contributed by atoms with Gasteiger partial charge in [0.25, 0.3) is 10.0 Å². The average Bonchev–Trinajstić information content (AvgIpc) is 3.59. The maximum atomic E-state index is 13.7. The van der Waals surface area contributed by atoms with Crippen molar-refractivity contribution in [3.05, 3.63) is 53.9 Å². The number of rotatable bonds is 6. The molecule has 2 aliphatic heterocycles. The first-order valence-electron chi connectivity index (χ1n) is 14.2. The van der Waals surface area contributed by atoms with Crippen molar-refractivity contribution < 1.29 is 17.9 Å². The summed E-state index contributed by atoms with van der Waals surface area (Å²) in [6.07, 6.45) is 4.46. The molecule has 5 heterocycles. The molecular weight excluding hydrogens is 556 g/mol. The molecule has 0 radical (unpaired) electrons. The predicted octanol–water partition coefficient (Wildman–Crippen LogP) is 5.09. The van der Waals surface area contributed by atoms with Gasteiger partial charge in [-0.15, -0.1) is 0 Å². The van der Waals surface area contributed by atoms with Crippen LogP contribution in [0.4, 0.5) is 22.4 Å². The summed E-state index contributed by atoms with van der Waals surface area (Å²) in [6, 6.07) is 10.4. The topological polar surface area (TPSA) is 147 Å². The summed E-state index contributed by atoms with van der Waals surface area (Å²) in [5, 5.41) is 14.4. The molecule has 0 spiro atoms. The highest BCUT2D eigenvalue weighted by Crippen LogP contribution is 2.38. The SMILES string of the molecule is Cc1ccc(S(=O)(=O)n2ccc3c(Nc4cc(C)[nH]n4)nc(NC4CC5CCC(C4)N5C(=O)OC(C)(C)C)nc32)cc1. The molecule has 2 atom stereocenters. The molecule has 2 fully saturated rings. The Hall–Kier alpha value is -4.13. The lowest BCUT2D eigenvalue weighted by Crippen LogP contribution is -2.51. The van der Waals surface area contributed by atoms with E-state index in [0.717, 1.165) is 24.1 Å². The molecule has 3 aromatic heterocycles. The van der Waals surface area contributed by atoms with E-state index in [1.54, 1.807) is 30.3 Å². The van der Waals surface area contributed by atoms with Gasteiger partial charge in [-0.25, -0.2) is 17.2 Å². The molecule has 12 nitrogen and oxygen atoms in total. The highest BCUT2D eigenvalue weighted by atomic mass is 32.2. The molecule has 42 heavy (non-hydrogen) atoms. The largest absolute Gasteiger partial charge is 0.444 e. The van der Waals surface area contributed by atoms with Gasteiger partial charge in [-0.05, 0) is 78.5 Å². The number of benzene rings is 1. The van der Waals surface area contributed by atoms with Crippen LogP contribution < -0.4 is 10.6 Å². The molecular formula is C29H36N8O4S. The van der Waals surface area contributed by atoms with Gasteiger partial charge in [0.15, 0.2) is 11.5 Å². The van der Waals surface area contributed by atoms with Crippen molar-refractivity contribution in [2.45, 2.75) is 88.9 Å². The molecule has 0 aliphatic carbocycles. The first-order valence-corrected chi connectivity index (χ1v) is 15.6. The lowest BCUT2D eigenvalue weighted by molar-refractivity contribution is 0.00681. The minimum atomic E-state index is -3.92. The van der Waals surface area contributed by atoms with Crippen LogP contribution >= 0.6 is 0 Å². The summed E-state index contributed by atoms with van der Waals surface area (Å²) in [4.78, 5) is 24.4. The molecule has 4 aromatic rings. The van der Waals surface area contributed by atoms with Gasteiger partial charge < -0.3 is 20.3 Å². The van der Waals surface area contributed by atoms with Crippen molar-refractivity contribution in [2.24, 2.45) is 0 Å². The average molecular weight is 593 g/mol. The molecule has 1 amide bonds. The quantitative estimate of drug-likeness (QED) is 0.278. The highest BCUT2D eigenvalue weighted by Gasteiger charge is 2.45. The van der Waals surface area contributed by atoms with Crippen LogP contribution in [0.3, 0.4) is 0 Å². The van der Waals surface area contributed by atoms with Crippen LogP contribution in [-0.4, -0.2) is 67.3 Å². The lowest BCUT2D eigenvalue weighted by Gasteiger charge is -2.39. The Balaban J connectivity index is 1.33. The van der Waals surface area contributed by atoms with Crippen LogP contribution in [0, 0.1) is 13.8 Å².